The van der Waals surface area contributed by atoms with Gasteiger partial charge < -0.3 is 10.6 Å². The van der Waals surface area contributed by atoms with E-state index in [1.165, 1.54) is 5.56 Å². The summed E-state index contributed by atoms with van der Waals surface area (Å²) in [7, 11) is 0. The van der Waals surface area contributed by atoms with Crippen LogP contribution in [0.15, 0.2) is 53.0 Å². The number of urea groups is 1. The normalized spacial score (nSPS) is 10.3. The number of hydrogen-bond donors (Lipinski definition) is 2. The van der Waals surface area contributed by atoms with Crippen LogP contribution in [0.3, 0.4) is 0 Å². The third kappa shape index (κ3) is 5.70. The fourth-order valence-corrected chi connectivity index (χ4v) is 2.78. The molecule has 0 aromatic heterocycles. The van der Waals surface area contributed by atoms with E-state index in [-0.39, 0.29) is 6.03 Å². The van der Waals surface area contributed by atoms with Crippen molar-refractivity contribution in [2.24, 2.45) is 0 Å². The molecule has 0 bridgehead atoms. The van der Waals surface area contributed by atoms with E-state index in [4.69, 9.17) is 11.6 Å². The van der Waals surface area contributed by atoms with Crippen molar-refractivity contribution in [2.45, 2.75) is 12.8 Å². The Morgan fingerprint density at radius 2 is 1.73 bits per heavy atom. The highest BCUT2D eigenvalue weighted by atomic mass is 79.9. The lowest BCUT2D eigenvalue weighted by Crippen LogP contribution is -2.37. The number of amides is 2. The largest absolute Gasteiger partial charge is 0.338 e. The maximum absolute atomic E-state index is 11.7. The lowest BCUT2D eigenvalue weighted by molar-refractivity contribution is 0.241. The third-order valence-electron chi connectivity index (χ3n) is 3.23. The van der Waals surface area contributed by atoms with Crippen molar-refractivity contribution in [3.8, 4) is 0 Å². The number of benzene rings is 2. The van der Waals surface area contributed by atoms with Crippen molar-refractivity contribution in [3.63, 3.8) is 0 Å². The van der Waals surface area contributed by atoms with Gasteiger partial charge in [0.15, 0.2) is 0 Å². The van der Waals surface area contributed by atoms with Crippen molar-refractivity contribution in [3.05, 3.63) is 69.2 Å². The van der Waals surface area contributed by atoms with Crippen LogP contribution in [-0.2, 0) is 12.8 Å². The van der Waals surface area contributed by atoms with Gasteiger partial charge in [0.1, 0.15) is 0 Å². The van der Waals surface area contributed by atoms with E-state index in [0.29, 0.717) is 13.1 Å². The highest BCUT2D eigenvalue weighted by Crippen LogP contribution is 2.15. The molecule has 116 valence electrons. The number of hydrogen-bond acceptors (Lipinski definition) is 1. The van der Waals surface area contributed by atoms with E-state index in [0.717, 1.165) is 27.9 Å². The molecule has 0 atom stereocenters. The molecule has 5 heteroatoms. The van der Waals surface area contributed by atoms with Crippen LogP contribution >= 0.6 is 27.5 Å². The van der Waals surface area contributed by atoms with Crippen LogP contribution in [0.2, 0.25) is 5.02 Å². The molecule has 2 aromatic rings. The van der Waals surface area contributed by atoms with Gasteiger partial charge in [-0.2, -0.15) is 0 Å². The number of rotatable bonds is 6. The monoisotopic (exact) mass is 380 g/mol. The first-order valence-electron chi connectivity index (χ1n) is 7.15. The summed E-state index contributed by atoms with van der Waals surface area (Å²) in [4.78, 5) is 11.7. The highest BCUT2D eigenvalue weighted by Gasteiger charge is 2.02. The summed E-state index contributed by atoms with van der Waals surface area (Å²) in [5.74, 6) is 0. The summed E-state index contributed by atoms with van der Waals surface area (Å²) >= 11 is 9.42. The van der Waals surface area contributed by atoms with Gasteiger partial charge in [-0.1, -0.05) is 57.9 Å². The number of carbonyl (C=O) groups excluding carboxylic acids is 1. The van der Waals surface area contributed by atoms with E-state index < -0.39 is 0 Å². The third-order valence-corrected chi connectivity index (χ3v) is 4.23. The smallest absolute Gasteiger partial charge is 0.314 e. The Kier molecular flexibility index (Phi) is 6.74. The second-order valence-electron chi connectivity index (χ2n) is 4.90. The van der Waals surface area contributed by atoms with E-state index >= 15 is 0 Å². The lowest BCUT2D eigenvalue weighted by atomic mass is 10.1. The van der Waals surface area contributed by atoms with Gasteiger partial charge in [0.2, 0.25) is 0 Å². The molecule has 2 rings (SSSR count). The van der Waals surface area contributed by atoms with Crippen LogP contribution in [0.4, 0.5) is 4.79 Å². The van der Waals surface area contributed by atoms with Crippen LogP contribution < -0.4 is 10.6 Å². The molecule has 22 heavy (non-hydrogen) atoms. The minimum atomic E-state index is -0.144. The first-order valence-corrected chi connectivity index (χ1v) is 8.32. The van der Waals surface area contributed by atoms with Gasteiger partial charge in [0.25, 0.3) is 0 Å². The predicted octanol–water partition coefficient (Wildman–Crippen LogP) is 4.19. The SMILES string of the molecule is O=C(NCCc1cccc(Cl)c1)NCCc1ccccc1Br. The van der Waals surface area contributed by atoms with Gasteiger partial charge in [0.05, 0.1) is 0 Å². The molecule has 0 radical (unpaired) electrons. The molecular formula is C17H18BrClN2O. The molecule has 0 saturated carbocycles. The molecule has 2 aromatic carbocycles. The summed E-state index contributed by atoms with van der Waals surface area (Å²) in [6.07, 6.45) is 1.56. The average Bonchev–Trinajstić information content (AvgIpc) is 2.49. The lowest BCUT2D eigenvalue weighted by Gasteiger charge is -2.08. The first kappa shape index (κ1) is 16.8. The molecule has 0 aliphatic heterocycles. The highest BCUT2D eigenvalue weighted by molar-refractivity contribution is 9.10. The maximum atomic E-state index is 11.7. The van der Waals surface area contributed by atoms with Gasteiger partial charge in [0, 0.05) is 22.6 Å². The first-order chi connectivity index (χ1) is 10.6. The Morgan fingerprint density at radius 1 is 1.00 bits per heavy atom. The molecule has 0 fully saturated rings. The summed E-state index contributed by atoms with van der Waals surface area (Å²) in [5, 5.41) is 6.42. The topological polar surface area (TPSA) is 41.1 Å². The summed E-state index contributed by atoms with van der Waals surface area (Å²) in [6.45, 7) is 1.19. The van der Waals surface area contributed by atoms with Gasteiger partial charge in [-0.15, -0.1) is 0 Å². The fourth-order valence-electron chi connectivity index (χ4n) is 2.09. The van der Waals surface area contributed by atoms with Gasteiger partial charge in [-0.3, -0.25) is 0 Å². The van der Waals surface area contributed by atoms with Crippen LogP contribution in [0.1, 0.15) is 11.1 Å². The predicted molar refractivity (Wildman–Crippen MR) is 94.4 cm³/mol. The second kappa shape index (κ2) is 8.81. The van der Waals surface area contributed by atoms with E-state index in [1.54, 1.807) is 0 Å². The molecule has 0 saturated heterocycles. The zero-order valence-corrected chi connectivity index (χ0v) is 14.5. The number of carbonyl (C=O) groups is 1. The van der Waals surface area contributed by atoms with Crippen LogP contribution in [0.25, 0.3) is 0 Å². The standard InChI is InChI=1S/C17H18BrClN2O/c18-16-7-2-1-5-14(16)9-11-21-17(22)20-10-8-13-4-3-6-15(19)12-13/h1-7,12H,8-11H2,(H2,20,21,22). The molecule has 2 amide bonds. The summed E-state index contributed by atoms with van der Waals surface area (Å²) < 4.78 is 1.07. The second-order valence-corrected chi connectivity index (χ2v) is 6.19. The molecule has 3 nitrogen and oxygen atoms in total. The zero-order valence-electron chi connectivity index (χ0n) is 12.1. The van der Waals surface area contributed by atoms with Gasteiger partial charge in [-0.05, 0) is 42.2 Å². The Balaban J connectivity index is 1.65. The fraction of sp³-hybridized carbons (Fsp3) is 0.235. The van der Waals surface area contributed by atoms with Crippen LogP contribution in [0.5, 0.6) is 0 Å². The average molecular weight is 382 g/mol. The van der Waals surface area contributed by atoms with E-state index in [1.807, 2.05) is 48.5 Å². The van der Waals surface area contributed by atoms with Crippen molar-refractivity contribution in [1.29, 1.82) is 0 Å². The quantitative estimate of drug-likeness (QED) is 0.774. The molecular weight excluding hydrogens is 364 g/mol. The Morgan fingerprint density at radius 3 is 2.45 bits per heavy atom. The van der Waals surface area contributed by atoms with Crippen molar-refractivity contribution in [1.82, 2.24) is 10.6 Å². The molecule has 2 N–H and O–H groups in total. The van der Waals surface area contributed by atoms with Crippen LogP contribution in [-0.4, -0.2) is 19.1 Å². The van der Waals surface area contributed by atoms with E-state index in [2.05, 4.69) is 26.6 Å². The molecule has 0 aliphatic rings. The summed E-state index contributed by atoms with van der Waals surface area (Å²) in [5.41, 5.74) is 2.29. The van der Waals surface area contributed by atoms with Gasteiger partial charge >= 0.3 is 6.03 Å². The van der Waals surface area contributed by atoms with E-state index in [9.17, 15) is 4.79 Å². The maximum Gasteiger partial charge on any atom is 0.314 e. The van der Waals surface area contributed by atoms with Crippen LogP contribution in [0, 0.1) is 0 Å². The summed E-state index contributed by atoms with van der Waals surface area (Å²) in [6, 6.07) is 15.5. The number of halogens is 2. The molecule has 0 spiro atoms. The Bertz CT molecular complexity index is 634. The van der Waals surface area contributed by atoms with Crippen molar-refractivity contribution in [2.75, 3.05) is 13.1 Å². The number of nitrogens with one attached hydrogen (secondary N) is 2. The molecule has 0 unspecified atom stereocenters. The minimum absolute atomic E-state index is 0.144. The Hall–Kier alpha value is -1.52. The Labute approximate surface area is 144 Å². The van der Waals surface area contributed by atoms with Crippen molar-refractivity contribution < 1.29 is 4.79 Å². The zero-order chi connectivity index (χ0) is 15.8. The van der Waals surface area contributed by atoms with Crippen molar-refractivity contribution >= 4 is 33.6 Å². The molecule has 0 aliphatic carbocycles. The molecule has 0 heterocycles. The minimum Gasteiger partial charge on any atom is -0.338 e. The van der Waals surface area contributed by atoms with Gasteiger partial charge in [-0.25, -0.2) is 4.79 Å².